The molecule has 0 fully saturated rings. The summed E-state index contributed by atoms with van der Waals surface area (Å²) >= 11 is 5.63. The summed E-state index contributed by atoms with van der Waals surface area (Å²) in [6.07, 6.45) is 0. The maximum Gasteiger partial charge on any atom is 0.101 e. The van der Waals surface area contributed by atoms with Crippen molar-refractivity contribution in [3.63, 3.8) is 0 Å². The fourth-order valence-electron chi connectivity index (χ4n) is 0.622. The number of rotatable bonds is 0. The molecule has 58 valence electrons. The maximum absolute atomic E-state index is 8.43. The van der Waals surface area contributed by atoms with E-state index in [4.69, 9.17) is 22.6 Å². The molecule has 0 aliphatic heterocycles. The summed E-state index contributed by atoms with van der Waals surface area (Å²) < 4.78 is 0. The minimum absolute atomic E-state index is 0. The predicted octanol–water partition coefficient (Wildman–Crippen LogP) is 2.22. The Bertz CT molecular complexity index is 291. The summed E-state index contributed by atoms with van der Waals surface area (Å²) in [5.74, 6) is 0. The topological polar surface area (TPSA) is 49.8 Å². The molecule has 0 saturated heterocycles. The molecule has 0 amide bonds. The van der Waals surface area contributed by atoms with Crippen LogP contribution in [0.3, 0.4) is 0 Å². The molecule has 2 nitrogen and oxygen atoms in total. The largest absolute Gasteiger partial charge is 0.399 e. The van der Waals surface area contributed by atoms with E-state index in [1.54, 1.807) is 18.2 Å². The Morgan fingerprint density at radius 1 is 1.45 bits per heavy atom. The van der Waals surface area contributed by atoms with Crippen molar-refractivity contribution >= 4 is 29.7 Å². The third-order valence-corrected chi connectivity index (χ3v) is 1.43. The highest BCUT2D eigenvalue weighted by Gasteiger charge is 1.96. The van der Waals surface area contributed by atoms with Crippen molar-refractivity contribution in [3.8, 4) is 6.07 Å². The SMILES string of the molecule is Cl.N#Cc1ccc(N)cc1Cl. The quantitative estimate of drug-likeness (QED) is 0.636. The number of benzene rings is 1. The summed E-state index contributed by atoms with van der Waals surface area (Å²) in [7, 11) is 0. The van der Waals surface area contributed by atoms with Gasteiger partial charge in [-0.05, 0) is 18.2 Å². The zero-order chi connectivity index (χ0) is 7.56. The molecule has 0 bridgehead atoms. The van der Waals surface area contributed by atoms with Crippen LogP contribution in [0.25, 0.3) is 0 Å². The molecule has 4 heteroatoms. The van der Waals surface area contributed by atoms with E-state index in [0.29, 0.717) is 16.3 Å². The van der Waals surface area contributed by atoms with Crippen molar-refractivity contribution in [1.29, 1.82) is 5.26 Å². The summed E-state index contributed by atoms with van der Waals surface area (Å²) in [6.45, 7) is 0. The van der Waals surface area contributed by atoms with Crippen molar-refractivity contribution in [3.05, 3.63) is 28.8 Å². The van der Waals surface area contributed by atoms with Crippen LogP contribution in [0.1, 0.15) is 5.56 Å². The van der Waals surface area contributed by atoms with Gasteiger partial charge in [0.2, 0.25) is 0 Å². The van der Waals surface area contributed by atoms with Crippen LogP contribution in [0.2, 0.25) is 5.02 Å². The Hall–Kier alpha value is -0.910. The molecular weight excluding hydrogens is 183 g/mol. The first kappa shape index (κ1) is 10.1. The number of halogens is 2. The first-order valence-electron chi connectivity index (χ1n) is 2.69. The van der Waals surface area contributed by atoms with Crippen molar-refractivity contribution in [2.45, 2.75) is 0 Å². The molecule has 0 radical (unpaired) electrons. The van der Waals surface area contributed by atoms with Gasteiger partial charge >= 0.3 is 0 Å². The van der Waals surface area contributed by atoms with Gasteiger partial charge in [0.25, 0.3) is 0 Å². The molecule has 2 N–H and O–H groups in total. The average molecular weight is 189 g/mol. The van der Waals surface area contributed by atoms with E-state index in [1.165, 1.54) is 0 Å². The van der Waals surface area contributed by atoms with Crippen LogP contribution in [0.5, 0.6) is 0 Å². The molecule has 0 aliphatic carbocycles. The molecule has 0 aromatic heterocycles. The van der Waals surface area contributed by atoms with Gasteiger partial charge in [0.15, 0.2) is 0 Å². The summed E-state index contributed by atoms with van der Waals surface area (Å²) in [4.78, 5) is 0. The lowest BCUT2D eigenvalue weighted by atomic mass is 10.2. The van der Waals surface area contributed by atoms with Crippen LogP contribution >= 0.6 is 24.0 Å². The highest BCUT2D eigenvalue weighted by atomic mass is 35.5. The summed E-state index contributed by atoms with van der Waals surface area (Å²) in [5.41, 5.74) is 6.42. The van der Waals surface area contributed by atoms with Gasteiger partial charge in [0, 0.05) is 5.69 Å². The van der Waals surface area contributed by atoms with Gasteiger partial charge in [-0.2, -0.15) is 5.26 Å². The maximum atomic E-state index is 8.43. The van der Waals surface area contributed by atoms with Crippen LogP contribution in [0, 0.1) is 11.3 Å². The Labute approximate surface area is 76.0 Å². The highest BCUT2D eigenvalue weighted by molar-refractivity contribution is 6.32. The Kier molecular flexibility index (Phi) is 3.73. The molecule has 0 atom stereocenters. The fraction of sp³-hybridized carbons (Fsp3) is 0. The number of hydrogen-bond donors (Lipinski definition) is 1. The van der Waals surface area contributed by atoms with Gasteiger partial charge < -0.3 is 5.73 Å². The minimum Gasteiger partial charge on any atom is -0.399 e. The molecule has 1 aromatic rings. The smallest absolute Gasteiger partial charge is 0.101 e. The molecule has 0 saturated carbocycles. The number of nitriles is 1. The summed E-state index contributed by atoms with van der Waals surface area (Å²) in [6, 6.07) is 6.73. The number of nitrogens with zero attached hydrogens (tertiary/aromatic N) is 1. The molecule has 1 rings (SSSR count). The van der Waals surface area contributed by atoms with Crippen LogP contribution in [-0.4, -0.2) is 0 Å². The Morgan fingerprint density at radius 3 is 2.55 bits per heavy atom. The highest BCUT2D eigenvalue weighted by Crippen LogP contribution is 2.17. The number of nitrogens with two attached hydrogens (primary N) is 1. The molecule has 0 heterocycles. The second-order valence-electron chi connectivity index (χ2n) is 1.85. The average Bonchev–Trinajstić information content (AvgIpc) is 1.88. The van der Waals surface area contributed by atoms with E-state index >= 15 is 0 Å². The predicted molar refractivity (Wildman–Crippen MR) is 47.8 cm³/mol. The number of hydrogen-bond acceptors (Lipinski definition) is 2. The summed E-state index contributed by atoms with van der Waals surface area (Å²) in [5, 5.41) is 8.84. The van der Waals surface area contributed by atoms with E-state index in [9.17, 15) is 0 Å². The molecule has 0 unspecified atom stereocenters. The molecule has 11 heavy (non-hydrogen) atoms. The zero-order valence-corrected chi connectivity index (χ0v) is 7.12. The Balaban J connectivity index is 0.000001000. The van der Waals surface area contributed by atoms with Crippen LogP contribution in [0.4, 0.5) is 5.69 Å². The van der Waals surface area contributed by atoms with E-state index in [1.807, 2.05) is 6.07 Å². The van der Waals surface area contributed by atoms with Gasteiger partial charge in [0.1, 0.15) is 6.07 Å². The van der Waals surface area contributed by atoms with Crippen LogP contribution in [0.15, 0.2) is 18.2 Å². The van der Waals surface area contributed by atoms with Gasteiger partial charge in [-0.1, -0.05) is 11.6 Å². The molecule has 0 aliphatic rings. The monoisotopic (exact) mass is 188 g/mol. The van der Waals surface area contributed by atoms with E-state index in [-0.39, 0.29) is 12.4 Å². The second kappa shape index (κ2) is 4.07. The standard InChI is InChI=1S/C7H5ClN2.ClH/c8-7-3-6(10)2-1-5(7)4-9;/h1-3H,10H2;1H. The molecule has 0 spiro atoms. The lowest BCUT2D eigenvalue weighted by Gasteiger charge is -1.94. The van der Waals surface area contributed by atoms with Crippen molar-refractivity contribution in [1.82, 2.24) is 0 Å². The lowest BCUT2D eigenvalue weighted by molar-refractivity contribution is 1.48. The van der Waals surface area contributed by atoms with E-state index in [2.05, 4.69) is 0 Å². The zero-order valence-electron chi connectivity index (χ0n) is 5.54. The van der Waals surface area contributed by atoms with Gasteiger partial charge in [-0.3, -0.25) is 0 Å². The van der Waals surface area contributed by atoms with Crippen molar-refractivity contribution < 1.29 is 0 Å². The first-order valence-corrected chi connectivity index (χ1v) is 3.07. The van der Waals surface area contributed by atoms with E-state index in [0.717, 1.165) is 0 Å². The Morgan fingerprint density at radius 2 is 2.09 bits per heavy atom. The first-order chi connectivity index (χ1) is 4.74. The van der Waals surface area contributed by atoms with Gasteiger partial charge in [-0.25, -0.2) is 0 Å². The minimum atomic E-state index is 0. The van der Waals surface area contributed by atoms with E-state index < -0.39 is 0 Å². The van der Waals surface area contributed by atoms with Gasteiger partial charge in [0.05, 0.1) is 10.6 Å². The van der Waals surface area contributed by atoms with Crippen LogP contribution in [-0.2, 0) is 0 Å². The van der Waals surface area contributed by atoms with Crippen molar-refractivity contribution in [2.75, 3.05) is 5.73 Å². The van der Waals surface area contributed by atoms with Gasteiger partial charge in [-0.15, -0.1) is 12.4 Å². The van der Waals surface area contributed by atoms with Crippen molar-refractivity contribution in [2.24, 2.45) is 0 Å². The molecular formula is C7H6Cl2N2. The van der Waals surface area contributed by atoms with Crippen LogP contribution < -0.4 is 5.73 Å². The lowest BCUT2D eigenvalue weighted by Crippen LogP contribution is -1.84. The normalized spacial score (nSPS) is 8.00. The third-order valence-electron chi connectivity index (χ3n) is 1.11. The second-order valence-corrected chi connectivity index (χ2v) is 2.26. The number of anilines is 1. The molecule has 1 aromatic carbocycles. The third kappa shape index (κ3) is 2.30. The fourth-order valence-corrected chi connectivity index (χ4v) is 0.853. The number of nitrogen functional groups attached to an aromatic ring is 1.